The maximum atomic E-state index is 4.44. The molecule has 2 heterocycles. The maximum absolute atomic E-state index is 4.44. The molecule has 0 atom stereocenters. The van der Waals surface area contributed by atoms with Gasteiger partial charge < -0.3 is 0 Å². The molecular weight excluding hydrogens is 284 g/mol. The lowest BCUT2D eigenvalue weighted by atomic mass is 10.1. The fourth-order valence-electron chi connectivity index (χ4n) is 1.68. The zero-order valence-corrected chi connectivity index (χ0v) is 10.6. The summed E-state index contributed by atoms with van der Waals surface area (Å²) in [5, 5.41) is 5.35. The number of benzene rings is 1. The van der Waals surface area contributed by atoms with Crippen molar-refractivity contribution < 1.29 is 0 Å². The molecule has 4 heteroatoms. The van der Waals surface area contributed by atoms with Gasteiger partial charge in [0.05, 0.1) is 0 Å². The Kier molecular flexibility index (Phi) is 2.46. The Labute approximate surface area is 105 Å². The molecule has 3 rings (SSSR count). The monoisotopic (exact) mass is 290 g/mol. The van der Waals surface area contributed by atoms with Crippen LogP contribution in [-0.2, 0) is 0 Å². The van der Waals surface area contributed by atoms with Crippen molar-refractivity contribution in [2.24, 2.45) is 0 Å². The Morgan fingerprint density at radius 1 is 1.19 bits per heavy atom. The van der Waals surface area contributed by atoms with E-state index in [-0.39, 0.29) is 0 Å². The van der Waals surface area contributed by atoms with Crippen LogP contribution >= 0.6 is 27.3 Å². The Morgan fingerprint density at radius 3 is 2.94 bits per heavy atom. The first-order valence-electron chi connectivity index (χ1n) is 4.79. The molecule has 0 aliphatic carbocycles. The van der Waals surface area contributed by atoms with Crippen molar-refractivity contribution in [3.63, 3.8) is 0 Å². The minimum atomic E-state index is 0.883. The van der Waals surface area contributed by atoms with E-state index in [1.165, 1.54) is 5.39 Å². The van der Waals surface area contributed by atoms with Crippen molar-refractivity contribution in [3.05, 3.63) is 46.6 Å². The van der Waals surface area contributed by atoms with Gasteiger partial charge in [-0.2, -0.15) is 0 Å². The maximum Gasteiger partial charge on any atom is 0.125 e. The molecule has 2 aromatic heterocycles. The van der Waals surface area contributed by atoms with E-state index in [1.54, 1.807) is 11.3 Å². The molecule has 0 N–H and O–H groups in total. The molecule has 0 unspecified atom stereocenters. The number of fused-ring (bicyclic) bond motifs is 1. The third-order valence-electron chi connectivity index (χ3n) is 2.39. The van der Waals surface area contributed by atoms with Crippen molar-refractivity contribution in [1.29, 1.82) is 0 Å². The van der Waals surface area contributed by atoms with Crippen LogP contribution in [0.5, 0.6) is 0 Å². The Balaban J connectivity index is 2.31. The van der Waals surface area contributed by atoms with Gasteiger partial charge in [0.15, 0.2) is 0 Å². The minimum Gasteiger partial charge on any atom is -0.264 e. The zero-order chi connectivity index (χ0) is 11.0. The Morgan fingerprint density at radius 2 is 2.12 bits per heavy atom. The molecule has 0 saturated heterocycles. The molecule has 0 radical (unpaired) electrons. The van der Waals surface area contributed by atoms with Crippen LogP contribution in [0.25, 0.3) is 21.3 Å². The van der Waals surface area contributed by atoms with Gasteiger partial charge in [-0.15, -0.1) is 11.3 Å². The summed E-state index contributed by atoms with van der Waals surface area (Å²) in [6.07, 6.45) is 3.70. The topological polar surface area (TPSA) is 25.8 Å². The second-order valence-corrected chi connectivity index (χ2v) is 5.05. The van der Waals surface area contributed by atoms with Gasteiger partial charge in [-0.1, -0.05) is 18.2 Å². The summed E-state index contributed by atoms with van der Waals surface area (Å²) < 4.78 is 0.883. The first-order chi connectivity index (χ1) is 7.84. The molecule has 0 spiro atoms. The number of pyridine rings is 1. The van der Waals surface area contributed by atoms with Crippen molar-refractivity contribution in [2.45, 2.75) is 0 Å². The van der Waals surface area contributed by atoms with Gasteiger partial charge in [-0.25, -0.2) is 4.98 Å². The van der Waals surface area contributed by atoms with E-state index in [0.717, 1.165) is 20.6 Å². The molecule has 1 aromatic carbocycles. The quantitative estimate of drug-likeness (QED) is 0.674. The predicted octanol–water partition coefficient (Wildman–Crippen LogP) is 4.12. The van der Waals surface area contributed by atoms with E-state index in [9.17, 15) is 0 Å². The molecule has 78 valence electrons. The number of aromatic nitrogens is 2. The molecule has 0 fully saturated rings. The SMILES string of the molecule is Brc1csc(-c2cccc3ccncc23)n1. The van der Waals surface area contributed by atoms with Crippen LogP contribution in [0, 0.1) is 0 Å². The second kappa shape index (κ2) is 3.96. The Hall–Kier alpha value is -1.26. The predicted molar refractivity (Wildman–Crippen MR) is 70.6 cm³/mol. The normalized spacial score (nSPS) is 10.8. The molecule has 16 heavy (non-hydrogen) atoms. The molecule has 3 aromatic rings. The largest absolute Gasteiger partial charge is 0.264 e. The summed E-state index contributed by atoms with van der Waals surface area (Å²) in [5.41, 5.74) is 1.14. The van der Waals surface area contributed by atoms with Crippen LogP contribution in [0.3, 0.4) is 0 Å². The lowest BCUT2D eigenvalue weighted by Gasteiger charge is -2.02. The van der Waals surface area contributed by atoms with Crippen LogP contribution in [0.15, 0.2) is 46.6 Å². The molecule has 0 amide bonds. The van der Waals surface area contributed by atoms with E-state index in [2.05, 4.69) is 38.0 Å². The highest BCUT2D eigenvalue weighted by atomic mass is 79.9. The van der Waals surface area contributed by atoms with Crippen LogP contribution in [0.4, 0.5) is 0 Å². The van der Waals surface area contributed by atoms with E-state index in [0.29, 0.717) is 0 Å². The van der Waals surface area contributed by atoms with Gasteiger partial charge in [0.2, 0.25) is 0 Å². The third kappa shape index (κ3) is 1.64. The smallest absolute Gasteiger partial charge is 0.125 e. The summed E-state index contributed by atoms with van der Waals surface area (Å²) in [5.74, 6) is 0. The van der Waals surface area contributed by atoms with Crippen molar-refractivity contribution in [3.8, 4) is 10.6 Å². The fourth-order valence-corrected chi connectivity index (χ4v) is 2.97. The average Bonchev–Trinajstić information content (AvgIpc) is 2.75. The second-order valence-electron chi connectivity index (χ2n) is 3.38. The number of hydrogen-bond donors (Lipinski definition) is 0. The van der Waals surface area contributed by atoms with Crippen LogP contribution in [0.1, 0.15) is 0 Å². The van der Waals surface area contributed by atoms with Gasteiger partial charge in [-0.3, -0.25) is 4.98 Å². The summed E-state index contributed by atoms with van der Waals surface area (Å²) in [6.45, 7) is 0. The zero-order valence-electron chi connectivity index (χ0n) is 8.22. The molecule has 2 nitrogen and oxygen atoms in total. The molecule has 0 aliphatic rings. The first-order valence-corrected chi connectivity index (χ1v) is 6.46. The third-order valence-corrected chi connectivity index (χ3v) is 3.98. The van der Waals surface area contributed by atoms with Gasteiger partial charge in [0.25, 0.3) is 0 Å². The fraction of sp³-hybridized carbons (Fsp3) is 0. The van der Waals surface area contributed by atoms with Gasteiger partial charge >= 0.3 is 0 Å². The van der Waals surface area contributed by atoms with E-state index in [4.69, 9.17) is 0 Å². The molecule has 0 saturated carbocycles. The van der Waals surface area contributed by atoms with Crippen molar-refractivity contribution in [2.75, 3.05) is 0 Å². The minimum absolute atomic E-state index is 0.883. The van der Waals surface area contributed by atoms with E-state index >= 15 is 0 Å². The number of thiazole rings is 1. The van der Waals surface area contributed by atoms with Gasteiger partial charge in [-0.05, 0) is 27.4 Å². The van der Waals surface area contributed by atoms with Crippen LogP contribution < -0.4 is 0 Å². The number of hydrogen-bond acceptors (Lipinski definition) is 3. The molecule has 0 aliphatic heterocycles. The molecule has 0 bridgehead atoms. The highest BCUT2D eigenvalue weighted by Crippen LogP contribution is 2.31. The number of halogens is 1. The first kappa shape index (κ1) is 9.93. The van der Waals surface area contributed by atoms with Crippen molar-refractivity contribution in [1.82, 2.24) is 9.97 Å². The highest BCUT2D eigenvalue weighted by Gasteiger charge is 2.06. The summed E-state index contributed by atoms with van der Waals surface area (Å²) in [4.78, 5) is 8.61. The lowest BCUT2D eigenvalue weighted by molar-refractivity contribution is 1.35. The van der Waals surface area contributed by atoms with Gasteiger partial charge in [0.1, 0.15) is 9.61 Å². The van der Waals surface area contributed by atoms with Crippen LogP contribution in [0.2, 0.25) is 0 Å². The standard InChI is InChI=1S/C12H7BrN2S/c13-11-7-16-12(15-11)9-3-1-2-8-4-5-14-6-10(8)9/h1-7H. The van der Waals surface area contributed by atoms with E-state index < -0.39 is 0 Å². The number of nitrogens with zero attached hydrogens (tertiary/aromatic N) is 2. The average molecular weight is 291 g/mol. The summed E-state index contributed by atoms with van der Waals surface area (Å²) >= 11 is 5.01. The molecular formula is C12H7BrN2S. The number of rotatable bonds is 1. The Bertz CT molecular complexity index is 643. The van der Waals surface area contributed by atoms with Gasteiger partial charge in [0, 0.05) is 28.7 Å². The highest BCUT2D eigenvalue weighted by molar-refractivity contribution is 9.10. The summed E-state index contributed by atoms with van der Waals surface area (Å²) in [6, 6.07) is 8.23. The van der Waals surface area contributed by atoms with Crippen molar-refractivity contribution >= 4 is 38.0 Å². The lowest BCUT2D eigenvalue weighted by Crippen LogP contribution is -1.81. The van der Waals surface area contributed by atoms with Crippen LogP contribution in [-0.4, -0.2) is 9.97 Å². The van der Waals surface area contributed by atoms with E-state index in [1.807, 2.05) is 29.9 Å². The summed E-state index contributed by atoms with van der Waals surface area (Å²) in [7, 11) is 0.